The molecule has 0 fully saturated rings. The minimum absolute atomic E-state index is 0.105. The van der Waals surface area contributed by atoms with E-state index in [0.29, 0.717) is 13.0 Å². The molecule has 0 bridgehead atoms. The van der Waals surface area contributed by atoms with E-state index in [0.717, 1.165) is 6.26 Å². The van der Waals surface area contributed by atoms with E-state index in [1.54, 1.807) is 7.05 Å². The largest absolute Gasteiger partial charge is 0.444 e. The number of hydrogen-bond acceptors (Lipinski definition) is 5. The quantitative estimate of drug-likeness (QED) is 0.704. The van der Waals surface area contributed by atoms with E-state index in [2.05, 4.69) is 0 Å². The van der Waals surface area contributed by atoms with E-state index in [4.69, 9.17) is 8.92 Å². The zero-order valence-corrected chi connectivity index (χ0v) is 14.3. The summed E-state index contributed by atoms with van der Waals surface area (Å²) < 4.78 is 31.8. The molecule has 0 heterocycles. The van der Waals surface area contributed by atoms with Crippen LogP contribution < -0.4 is 0 Å². The normalized spacial score (nSPS) is 13.2. The molecular formula is C13H27NO5S. The fourth-order valence-electron chi connectivity index (χ4n) is 1.59. The molecule has 0 aromatic rings. The van der Waals surface area contributed by atoms with Crippen LogP contribution in [0.5, 0.6) is 0 Å². The van der Waals surface area contributed by atoms with Crippen molar-refractivity contribution in [2.24, 2.45) is 5.41 Å². The van der Waals surface area contributed by atoms with Crippen LogP contribution in [0.15, 0.2) is 0 Å². The third kappa shape index (κ3) is 10.0. The van der Waals surface area contributed by atoms with Crippen LogP contribution in [-0.2, 0) is 19.0 Å². The molecular weight excluding hydrogens is 282 g/mol. The van der Waals surface area contributed by atoms with Crippen LogP contribution in [0, 0.1) is 5.41 Å². The summed E-state index contributed by atoms with van der Waals surface area (Å²) in [5, 5.41) is 0. The molecule has 0 spiro atoms. The van der Waals surface area contributed by atoms with Crippen LogP contribution in [-0.4, -0.2) is 51.5 Å². The maximum absolute atomic E-state index is 11.8. The van der Waals surface area contributed by atoms with Crippen LogP contribution in [0.4, 0.5) is 4.79 Å². The number of amides is 1. The van der Waals surface area contributed by atoms with Gasteiger partial charge in [-0.25, -0.2) is 4.79 Å². The molecule has 0 atom stereocenters. The second kappa shape index (κ2) is 6.76. The Labute approximate surface area is 122 Å². The van der Waals surface area contributed by atoms with Crippen LogP contribution in [0.3, 0.4) is 0 Å². The number of rotatable bonds is 6. The molecule has 0 aliphatic carbocycles. The second-order valence-corrected chi connectivity index (χ2v) is 8.42. The molecule has 1 amide bonds. The highest BCUT2D eigenvalue weighted by Gasteiger charge is 2.26. The molecule has 0 aromatic carbocycles. The molecule has 0 saturated heterocycles. The lowest BCUT2D eigenvalue weighted by Crippen LogP contribution is -2.40. The third-order valence-electron chi connectivity index (χ3n) is 2.45. The first-order chi connectivity index (χ1) is 8.72. The molecule has 20 heavy (non-hydrogen) atoms. The molecule has 7 heteroatoms. The van der Waals surface area contributed by atoms with Gasteiger partial charge >= 0.3 is 6.09 Å². The SMILES string of the molecule is CN(CC(C)(C)CCOS(C)(=O)=O)C(=O)OC(C)(C)C. The maximum Gasteiger partial charge on any atom is 0.410 e. The predicted molar refractivity (Wildman–Crippen MR) is 78.1 cm³/mol. The van der Waals surface area contributed by atoms with E-state index >= 15 is 0 Å². The van der Waals surface area contributed by atoms with Gasteiger partial charge in [-0.2, -0.15) is 8.42 Å². The van der Waals surface area contributed by atoms with Gasteiger partial charge in [0.2, 0.25) is 0 Å². The Morgan fingerprint density at radius 3 is 2.05 bits per heavy atom. The van der Waals surface area contributed by atoms with Crippen molar-refractivity contribution >= 4 is 16.2 Å². The van der Waals surface area contributed by atoms with Gasteiger partial charge in [-0.3, -0.25) is 4.18 Å². The van der Waals surface area contributed by atoms with E-state index in [-0.39, 0.29) is 12.0 Å². The fraction of sp³-hybridized carbons (Fsp3) is 0.923. The van der Waals surface area contributed by atoms with Gasteiger partial charge < -0.3 is 9.64 Å². The van der Waals surface area contributed by atoms with Gasteiger partial charge in [0.05, 0.1) is 12.9 Å². The Morgan fingerprint density at radius 2 is 1.65 bits per heavy atom. The monoisotopic (exact) mass is 309 g/mol. The summed E-state index contributed by atoms with van der Waals surface area (Å²) in [5.74, 6) is 0. The Kier molecular flexibility index (Phi) is 6.48. The molecule has 120 valence electrons. The van der Waals surface area contributed by atoms with E-state index in [1.807, 2.05) is 34.6 Å². The summed E-state index contributed by atoms with van der Waals surface area (Å²) in [5.41, 5.74) is -0.800. The lowest BCUT2D eigenvalue weighted by molar-refractivity contribution is 0.0223. The van der Waals surface area contributed by atoms with Gasteiger partial charge in [-0.1, -0.05) is 13.8 Å². The zero-order valence-electron chi connectivity index (χ0n) is 13.5. The number of carbonyl (C=O) groups excluding carboxylic acids is 1. The fourth-order valence-corrected chi connectivity index (χ4v) is 1.98. The zero-order chi connectivity index (χ0) is 16.2. The van der Waals surface area contributed by atoms with Crippen molar-refractivity contribution in [1.29, 1.82) is 0 Å². The Morgan fingerprint density at radius 1 is 1.15 bits per heavy atom. The van der Waals surface area contributed by atoms with Crippen LogP contribution in [0.1, 0.15) is 41.0 Å². The average Bonchev–Trinajstić information content (AvgIpc) is 2.10. The molecule has 0 radical (unpaired) electrons. The van der Waals surface area contributed by atoms with Gasteiger partial charge in [0.25, 0.3) is 10.1 Å². The van der Waals surface area contributed by atoms with Gasteiger partial charge in [-0.05, 0) is 32.6 Å². The van der Waals surface area contributed by atoms with Crippen LogP contribution in [0.2, 0.25) is 0 Å². The van der Waals surface area contributed by atoms with Crippen molar-refractivity contribution in [2.45, 2.75) is 46.6 Å². The van der Waals surface area contributed by atoms with Crippen molar-refractivity contribution in [3.8, 4) is 0 Å². The average molecular weight is 309 g/mol. The van der Waals surface area contributed by atoms with Crippen LogP contribution >= 0.6 is 0 Å². The summed E-state index contributed by atoms with van der Waals surface area (Å²) in [6, 6.07) is 0. The smallest absolute Gasteiger partial charge is 0.410 e. The van der Waals surface area contributed by atoms with Crippen molar-refractivity contribution < 1.29 is 22.1 Å². The van der Waals surface area contributed by atoms with Crippen molar-refractivity contribution in [1.82, 2.24) is 4.90 Å². The molecule has 0 unspecified atom stereocenters. The minimum atomic E-state index is -3.42. The highest BCUT2D eigenvalue weighted by Crippen LogP contribution is 2.22. The lowest BCUT2D eigenvalue weighted by atomic mass is 9.89. The van der Waals surface area contributed by atoms with Gasteiger partial charge in [0, 0.05) is 13.6 Å². The summed E-state index contributed by atoms with van der Waals surface area (Å²) in [6.07, 6.45) is 1.15. The maximum atomic E-state index is 11.8. The molecule has 0 aliphatic heterocycles. The van der Waals surface area contributed by atoms with Crippen molar-refractivity contribution in [3.63, 3.8) is 0 Å². The van der Waals surface area contributed by atoms with Crippen molar-refractivity contribution in [2.75, 3.05) is 26.5 Å². The number of carbonyl (C=O) groups is 1. The molecule has 0 aliphatic rings. The van der Waals surface area contributed by atoms with Gasteiger partial charge in [0.15, 0.2) is 0 Å². The molecule has 0 saturated carbocycles. The third-order valence-corrected chi connectivity index (χ3v) is 3.04. The van der Waals surface area contributed by atoms with E-state index < -0.39 is 21.8 Å². The first-order valence-electron chi connectivity index (χ1n) is 6.50. The summed E-state index contributed by atoms with van der Waals surface area (Å²) >= 11 is 0. The lowest BCUT2D eigenvalue weighted by Gasteiger charge is -2.31. The number of hydrogen-bond donors (Lipinski definition) is 0. The van der Waals surface area contributed by atoms with Gasteiger partial charge in [-0.15, -0.1) is 0 Å². The second-order valence-electron chi connectivity index (χ2n) is 6.78. The molecule has 0 rings (SSSR count). The Balaban J connectivity index is 4.34. The number of ether oxygens (including phenoxy) is 1. The Bertz CT molecular complexity index is 423. The summed E-state index contributed by atoms with van der Waals surface area (Å²) in [7, 11) is -1.76. The topological polar surface area (TPSA) is 72.9 Å². The highest BCUT2D eigenvalue weighted by molar-refractivity contribution is 7.85. The Hall–Kier alpha value is -0.820. The predicted octanol–water partition coefficient (Wildman–Crippen LogP) is 2.25. The van der Waals surface area contributed by atoms with E-state index in [9.17, 15) is 13.2 Å². The first-order valence-corrected chi connectivity index (χ1v) is 8.32. The van der Waals surface area contributed by atoms with Crippen LogP contribution in [0.25, 0.3) is 0 Å². The minimum Gasteiger partial charge on any atom is -0.444 e. The first kappa shape index (κ1) is 19.2. The molecule has 0 N–H and O–H groups in total. The molecule has 0 aromatic heterocycles. The summed E-state index contributed by atoms with van der Waals surface area (Å²) in [4.78, 5) is 13.3. The van der Waals surface area contributed by atoms with Gasteiger partial charge in [0.1, 0.15) is 5.60 Å². The highest BCUT2D eigenvalue weighted by atomic mass is 32.2. The standard InChI is InChI=1S/C13H27NO5S/c1-12(2,3)19-11(15)14(6)10-13(4,5)8-9-18-20(7,16)17/h8-10H2,1-7H3. The van der Waals surface area contributed by atoms with Crippen molar-refractivity contribution in [3.05, 3.63) is 0 Å². The van der Waals surface area contributed by atoms with E-state index in [1.165, 1.54) is 4.90 Å². The molecule has 6 nitrogen and oxygen atoms in total. The summed E-state index contributed by atoms with van der Waals surface area (Å²) in [6.45, 7) is 9.87. The number of nitrogens with zero attached hydrogens (tertiary/aromatic N) is 1.